The summed E-state index contributed by atoms with van der Waals surface area (Å²) in [5.41, 5.74) is 0.394. The second kappa shape index (κ2) is 6.32. The number of esters is 1. The van der Waals surface area contributed by atoms with Gasteiger partial charge < -0.3 is 4.74 Å². The van der Waals surface area contributed by atoms with Crippen LogP contribution in [0.1, 0.15) is 15.9 Å². The predicted molar refractivity (Wildman–Crippen MR) is 62.3 cm³/mol. The quantitative estimate of drug-likeness (QED) is 0.564. The van der Waals surface area contributed by atoms with Crippen molar-refractivity contribution in [2.24, 2.45) is 0 Å². The van der Waals surface area contributed by atoms with Crippen molar-refractivity contribution in [3.63, 3.8) is 0 Å². The van der Waals surface area contributed by atoms with E-state index < -0.39 is 36.8 Å². The van der Waals surface area contributed by atoms with Gasteiger partial charge in [0.1, 0.15) is 0 Å². The minimum absolute atomic E-state index is 0.296. The molecule has 0 heterocycles. The summed E-state index contributed by atoms with van der Waals surface area (Å²) in [6.45, 7) is -0.842. The third kappa shape index (κ3) is 3.73. The Morgan fingerprint density at radius 3 is 1.96 bits per heavy atom. The molecule has 0 saturated carbocycles. The van der Waals surface area contributed by atoms with Crippen LogP contribution in [0.4, 0.5) is 35.1 Å². The Balaban J connectivity index is 2.86. The van der Waals surface area contributed by atoms with E-state index in [1.165, 1.54) is 12.1 Å². The molecule has 0 aromatic heterocycles. The zero-order chi connectivity index (χ0) is 18.1. The lowest BCUT2D eigenvalue weighted by atomic mass is 10.1. The molecular weight excluding hydrogens is 340 g/mol. The number of carbonyl (C=O) groups is 1. The minimum atomic E-state index is -6.40. The molecule has 130 valence electrons. The van der Waals surface area contributed by atoms with Crippen molar-refractivity contribution in [2.75, 3.05) is 6.61 Å². The Morgan fingerprint density at radius 2 is 1.52 bits per heavy atom. The molecule has 0 N–H and O–H groups in total. The zero-order valence-electron chi connectivity index (χ0n) is 11.4. The molecule has 0 unspecified atom stereocenters. The average Bonchev–Trinajstić information content (AvgIpc) is 2.45. The van der Waals surface area contributed by atoms with Crippen LogP contribution in [0, 0.1) is 6.92 Å². The van der Waals surface area contributed by atoms with E-state index in [4.69, 9.17) is 0 Å². The van der Waals surface area contributed by atoms with Gasteiger partial charge in [0.15, 0.2) is 6.61 Å². The number of hydrogen-bond donors (Lipinski definition) is 0. The first-order chi connectivity index (χ1) is 10.3. The second-order valence-corrected chi connectivity index (χ2v) is 4.64. The summed E-state index contributed by atoms with van der Waals surface area (Å²) < 4.78 is 105. The van der Waals surface area contributed by atoms with E-state index in [1.807, 2.05) is 0 Å². The van der Waals surface area contributed by atoms with Gasteiger partial charge in [-0.15, -0.1) is 0 Å². The summed E-state index contributed by atoms with van der Waals surface area (Å²) >= 11 is 0. The molecule has 0 aliphatic heterocycles. The lowest BCUT2D eigenvalue weighted by Crippen LogP contribution is -2.59. The van der Waals surface area contributed by atoms with Gasteiger partial charge in [0, 0.05) is 0 Å². The minimum Gasteiger partial charge on any atom is -0.455 e. The van der Waals surface area contributed by atoms with E-state index in [0.29, 0.717) is 5.56 Å². The van der Waals surface area contributed by atoms with Crippen molar-refractivity contribution in [3.8, 4) is 0 Å². The number of halogens is 8. The highest BCUT2D eigenvalue weighted by molar-refractivity contribution is 5.89. The summed E-state index contributed by atoms with van der Waals surface area (Å²) in [7, 11) is 0. The van der Waals surface area contributed by atoms with E-state index in [0.717, 1.165) is 12.1 Å². The lowest BCUT2D eigenvalue weighted by molar-refractivity contribution is -0.343. The standard InChI is InChI=1S/C13H10F8O2/c1-7-2-4-8(5-3-7)9(22)23-6-11(16,17)13(20,21)12(18,19)10(14)15/h2-5,10H,6H2,1H3. The van der Waals surface area contributed by atoms with Crippen LogP contribution in [0.2, 0.25) is 0 Å². The maximum Gasteiger partial charge on any atom is 0.381 e. The van der Waals surface area contributed by atoms with Crippen molar-refractivity contribution in [1.29, 1.82) is 0 Å². The maximum atomic E-state index is 13.2. The maximum absolute atomic E-state index is 13.2. The first-order valence-corrected chi connectivity index (χ1v) is 5.98. The van der Waals surface area contributed by atoms with Crippen LogP contribution in [0.25, 0.3) is 0 Å². The van der Waals surface area contributed by atoms with Crippen LogP contribution in [-0.2, 0) is 4.74 Å². The third-order valence-electron chi connectivity index (χ3n) is 2.82. The largest absolute Gasteiger partial charge is 0.455 e. The van der Waals surface area contributed by atoms with E-state index in [9.17, 15) is 39.9 Å². The highest BCUT2D eigenvalue weighted by atomic mass is 19.4. The van der Waals surface area contributed by atoms with E-state index in [1.54, 1.807) is 6.92 Å². The average molecular weight is 350 g/mol. The monoisotopic (exact) mass is 350 g/mol. The molecule has 0 aliphatic rings. The molecule has 0 atom stereocenters. The highest BCUT2D eigenvalue weighted by Crippen LogP contribution is 2.48. The highest BCUT2D eigenvalue weighted by Gasteiger charge is 2.75. The molecule has 1 rings (SSSR count). The molecular formula is C13H10F8O2. The van der Waals surface area contributed by atoms with Gasteiger partial charge in [0.05, 0.1) is 5.56 Å². The number of rotatable bonds is 6. The molecule has 10 heteroatoms. The molecule has 0 aliphatic carbocycles. The van der Waals surface area contributed by atoms with Gasteiger partial charge in [0.2, 0.25) is 0 Å². The number of benzene rings is 1. The smallest absolute Gasteiger partial charge is 0.381 e. The van der Waals surface area contributed by atoms with Gasteiger partial charge in [-0.2, -0.15) is 26.3 Å². The number of alkyl halides is 8. The van der Waals surface area contributed by atoms with Crippen LogP contribution in [0.15, 0.2) is 24.3 Å². The first kappa shape index (κ1) is 19.2. The van der Waals surface area contributed by atoms with Gasteiger partial charge >= 0.3 is 30.2 Å². The van der Waals surface area contributed by atoms with Gasteiger partial charge in [-0.05, 0) is 19.1 Å². The normalized spacial score (nSPS) is 13.3. The SMILES string of the molecule is Cc1ccc(C(=O)OCC(F)(F)C(F)(F)C(F)(F)C(F)F)cc1. The van der Waals surface area contributed by atoms with E-state index in [2.05, 4.69) is 4.74 Å². The molecule has 0 bridgehead atoms. The fourth-order valence-electron chi connectivity index (χ4n) is 1.40. The van der Waals surface area contributed by atoms with Crippen LogP contribution < -0.4 is 0 Å². The van der Waals surface area contributed by atoms with Gasteiger partial charge in [-0.1, -0.05) is 17.7 Å². The molecule has 0 spiro atoms. The Kier molecular flexibility index (Phi) is 5.27. The Bertz CT molecular complexity index is 554. The molecule has 0 radical (unpaired) electrons. The lowest BCUT2D eigenvalue weighted by Gasteiger charge is -2.31. The predicted octanol–water partition coefficient (Wildman–Crippen LogP) is 4.32. The van der Waals surface area contributed by atoms with Crippen molar-refractivity contribution in [2.45, 2.75) is 31.1 Å². The van der Waals surface area contributed by atoms with Gasteiger partial charge in [-0.3, -0.25) is 0 Å². The van der Waals surface area contributed by atoms with Gasteiger partial charge in [0.25, 0.3) is 0 Å². The summed E-state index contributed by atoms with van der Waals surface area (Å²) in [5.74, 6) is -19.9. The van der Waals surface area contributed by atoms with Crippen LogP contribution >= 0.6 is 0 Å². The summed E-state index contributed by atoms with van der Waals surface area (Å²) in [5, 5.41) is 0. The summed E-state index contributed by atoms with van der Waals surface area (Å²) in [6.07, 6.45) is -5.02. The number of ether oxygens (including phenoxy) is 1. The summed E-state index contributed by atoms with van der Waals surface area (Å²) in [6, 6.07) is 5.02. The molecule has 1 aromatic rings. The summed E-state index contributed by atoms with van der Waals surface area (Å²) in [4.78, 5) is 11.4. The van der Waals surface area contributed by atoms with Crippen LogP contribution in [0.3, 0.4) is 0 Å². The molecule has 0 amide bonds. The number of carbonyl (C=O) groups excluding carboxylic acids is 1. The molecule has 23 heavy (non-hydrogen) atoms. The fraction of sp³-hybridized carbons (Fsp3) is 0.462. The Hall–Kier alpha value is -1.87. The molecule has 1 aromatic carbocycles. The van der Waals surface area contributed by atoms with Crippen molar-refractivity contribution >= 4 is 5.97 Å². The second-order valence-electron chi connectivity index (χ2n) is 4.64. The van der Waals surface area contributed by atoms with Crippen molar-refractivity contribution in [3.05, 3.63) is 35.4 Å². The third-order valence-corrected chi connectivity index (χ3v) is 2.82. The van der Waals surface area contributed by atoms with E-state index in [-0.39, 0.29) is 5.56 Å². The van der Waals surface area contributed by atoms with Crippen LogP contribution in [0.5, 0.6) is 0 Å². The van der Waals surface area contributed by atoms with E-state index >= 15 is 0 Å². The Labute approximate surface area is 125 Å². The Morgan fingerprint density at radius 1 is 1.04 bits per heavy atom. The number of hydrogen-bond acceptors (Lipinski definition) is 2. The van der Waals surface area contributed by atoms with Crippen LogP contribution in [-0.4, -0.2) is 36.8 Å². The molecule has 0 fully saturated rings. The first-order valence-electron chi connectivity index (χ1n) is 5.98. The van der Waals surface area contributed by atoms with Crippen molar-refractivity contribution < 1.29 is 44.7 Å². The molecule has 0 saturated heterocycles. The molecule has 2 nitrogen and oxygen atoms in total. The number of aryl methyl sites for hydroxylation is 1. The van der Waals surface area contributed by atoms with Crippen molar-refractivity contribution in [1.82, 2.24) is 0 Å². The van der Waals surface area contributed by atoms with Gasteiger partial charge in [-0.25, -0.2) is 13.6 Å². The fourth-order valence-corrected chi connectivity index (χ4v) is 1.40. The zero-order valence-corrected chi connectivity index (χ0v) is 11.4. The topological polar surface area (TPSA) is 26.3 Å².